The van der Waals surface area contributed by atoms with Crippen molar-refractivity contribution in [3.05, 3.63) is 39.8 Å². The third-order valence-corrected chi connectivity index (χ3v) is 4.65. The molecule has 0 bridgehead atoms. The molecule has 0 saturated carbocycles. The molecule has 1 amide bonds. The van der Waals surface area contributed by atoms with Gasteiger partial charge in [-0.2, -0.15) is 5.26 Å². The molecule has 0 aliphatic carbocycles. The van der Waals surface area contributed by atoms with Crippen molar-refractivity contribution in [2.45, 2.75) is 27.7 Å². The lowest BCUT2D eigenvalue weighted by molar-refractivity contribution is 0.102. The zero-order chi connectivity index (χ0) is 17.7. The van der Waals surface area contributed by atoms with E-state index in [9.17, 15) is 10.1 Å². The van der Waals surface area contributed by atoms with Crippen LogP contribution in [0.15, 0.2) is 18.2 Å². The Morgan fingerprint density at radius 3 is 2.50 bits per heavy atom. The van der Waals surface area contributed by atoms with Crippen LogP contribution in [0.2, 0.25) is 0 Å². The number of hydrogen-bond acceptors (Lipinski definition) is 5. The number of aryl methyl sites for hydroxylation is 1. The molecule has 0 radical (unpaired) electrons. The molecule has 0 aliphatic rings. The smallest absolute Gasteiger partial charge is 0.256 e. The average Bonchev–Trinajstić information content (AvgIpc) is 2.83. The first-order chi connectivity index (χ1) is 11.5. The quantitative estimate of drug-likeness (QED) is 0.849. The first-order valence-electron chi connectivity index (χ1n) is 7.72. The van der Waals surface area contributed by atoms with Gasteiger partial charge in [0.1, 0.15) is 11.1 Å². The van der Waals surface area contributed by atoms with E-state index < -0.39 is 0 Å². The van der Waals surface area contributed by atoms with Crippen molar-refractivity contribution in [3.8, 4) is 17.6 Å². The number of benzene rings is 1. The molecule has 1 aromatic heterocycles. The van der Waals surface area contributed by atoms with Crippen molar-refractivity contribution in [2.75, 3.05) is 18.5 Å². The van der Waals surface area contributed by atoms with Crippen molar-refractivity contribution in [1.29, 1.82) is 5.26 Å². The molecule has 0 fully saturated rings. The van der Waals surface area contributed by atoms with Crippen LogP contribution in [0.4, 0.5) is 5.00 Å². The van der Waals surface area contributed by atoms with Gasteiger partial charge < -0.3 is 14.8 Å². The van der Waals surface area contributed by atoms with Crippen LogP contribution in [0.3, 0.4) is 0 Å². The highest BCUT2D eigenvalue weighted by Gasteiger charge is 2.17. The molecule has 0 saturated heterocycles. The first kappa shape index (κ1) is 17.8. The average molecular weight is 344 g/mol. The Balaban J connectivity index is 2.29. The van der Waals surface area contributed by atoms with Gasteiger partial charge in [-0.3, -0.25) is 4.79 Å². The van der Waals surface area contributed by atoms with E-state index in [-0.39, 0.29) is 5.91 Å². The molecule has 1 aromatic carbocycles. The van der Waals surface area contributed by atoms with Gasteiger partial charge in [0.05, 0.1) is 18.8 Å². The van der Waals surface area contributed by atoms with Crippen molar-refractivity contribution in [3.63, 3.8) is 0 Å². The SMILES string of the molecule is CCOc1ccc(C(=O)Nc2sc(C)c(C)c2C#N)cc1OCC. The Bertz CT molecular complexity index is 790. The largest absolute Gasteiger partial charge is 0.490 e. The summed E-state index contributed by atoms with van der Waals surface area (Å²) in [5, 5.41) is 12.7. The highest BCUT2D eigenvalue weighted by molar-refractivity contribution is 7.16. The lowest BCUT2D eigenvalue weighted by Crippen LogP contribution is -2.12. The van der Waals surface area contributed by atoms with E-state index in [0.717, 1.165) is 10.4 Å². The minimum Gasteiger partial charge on any atom is -0.490 e. The number of rotatable bonds is 6. The topological polar surface area (TPSA) is 71.3 Å². The van der Waals surface area contributed by atoms with E-state index >= 15 is 0 Å². The minimum atomic E-state index is -0.281. The van der Waals surface area contributed by atoms with Crippen molar-refractivity contribution < 1.29 is 14.3 Å². The molecule has 126 valence electrons. The van der Waals surface area contributed by atoms with Crippen molar-refractivity contribution >= 4 is 22.2 Å². The normalized spacial score (nSPS) is 10.1. The Morgan fingerprint density at radius 1 is 1.21 bits per heavy atom. The van der Waals surface area contributed by atoms with Crippen LogP contribution in [0.1, 0.15) is 40.2 Å². The monoisotopic (exact) mass is 344 g/mol. The van der Waals surface area contributed by atoms with E-state index in [0.29, 0.717) is 40.8 Å². The molecular weight excluding hydrogens is 324 g/mol. The van der Waals surface area contributed by atoms with Crippen molar-refractivity contribution in [2.24, 2.45) is 0 Å². The fourth-order valence-electron chi connectivity index (χ4n) is 2.22. The van der Waals surface area contributed by atoms with Gasteiger partial charge in [0.25, 0.3) is 5.91 Å². The maximum absolute atomic E-state index is 12.5. The molecule has 0 unspecified atom stereocenters. The van der Waals surface area contributed by atoms with Gasteiger partial charge in [-0.1, -0.05) is 0 Å². The summed E-state index contributed by atoms with van der Waals surface area (Å²) in [6.45, 7) is 8.57. The fraction of sp³-hybridized carbons (Fsp3) is 0.333. The molecule has 5 nitrogen and oxygen atoms in total. The van der Waals surface area contributed by atoms with Gasteiger partial charge in [-0.25, -0.2) is 0 Å². The van der Waals surface area contributed by atoms with Crippen LogP contribution in [0.25, 0.3) is 0 Å². The second kappa shape index (κ2) is 7.84. The van der Waals surface area contributed by atoms with E-state index in [1.807, 2.05) is 27.7 Å². The highest BCUT2D eigenvalue weighted by atomic mass is 32.1. The second-order valence-corrected chi connectivity index (χ2v) is 6.31. The van der Waals surface area contributed by atoms with Gasteiger partial charge in [0.15, 0.2) is 11.5 Å². The van der Waals surface area contributed by atoms with E-state index in [4.69, 9.17) is 9.47 Å². The molecule has 0 atom stereocenters. The summed E-state index contributed by atoms with van der Waals surface area (Å²) in [5.41, 5.74) is 1.87. The van der Waals surface area contributed by atoms with Gasteiger partial charge in [-0.15, -0.1) is 11.3 Å². The molecule has 1 N–H and O–H groups in total. The van der Waals surface area contributed by atoms with Crippen LogP contribution in [0.5, 0.6) is 11.5 Å². The Kier molecular flexibility index (Phi) is 5.83. The third kappa shape index (κ3) is 3.69. The van der Waals surface area contributed by atoms with Gasteiger partial charge in [0.2, 0.25) is 0 Å². The number of hydrogen-bond donors (Lipinski definition) is 1. The zero-order valence-electron chi connectivity index (χ0n) is 14.2. The summed E-state index contributed by atoms with van der Waals surface area (Å²) in [4.78, 5) is 13.5. The number of nitrogens with zero attached hydrogens (tertiary/aromatic N) is 1. The number of nitrogens with one attached hydrogen (secondary N) is 1. The standard InChI is InChI=1S/C18H20N2O3S/c1-5-22-15-8-7-13(9-16(15)23-6-2)17(21)20-18-14(10-19)11(3)12(4)24-18/h7-9H,5-6H2,1-4H3,(H,20,21). The maximum atomic E-state index is 12.5. The van der Waals surface area contributed by atoms with Gasteiger partial charge in [-0.05, 0) is 51.5 Å². The number of nitriles is 1. The first-order valence-corrected chi connectivity index (χ1v) is 8.54. The summed E-state index contributed by atoms with van der Waals surface area (Å²) < 4.78 is 11.0. The molecule has 0 aliphatic heterocycles. The molecule has 24 heavy (non-hydrogen) atoms. The lowest BCUT2D eigenvalue weighted by Gasteiger charge is -2.12. The summed E-state index contributed by atoms with van der Waals surface area (Å²) in [7, 11) is 0. The number of carbonyl (C=O) groups excluding carboxylic acids is 1. The van der Waals surface area contributed by atoms with E-state index in [1.165, 1.54) is 11.3 Å². The number of carbonyl (C=O) groups is 1. The maximum Gasteiger partial charge on any atom is 0.256 e. The minimum absolute atomic E-state index is 0.281. The summed E-state index contributed by atoms with van der Waals surface area (Å²) in [5.74, 6) is 0.860. The molecule has 2 aromatic rings. The van der Waals surface area contributed by atoms with E-state index in [1.54, 1.807) is 18.2 Å². The third-order valence-electron chi connectivity index (χ3n) is 3.53. The molecular formula is C18H20N2O3S. The van der Waals surface area contributed by atoms with Crippen LogP contribution in [-0.4, -0.2) is 19.1 Å². The van der Waals surface area contributed by atoms with Crippen LogP contribution < -0.4 is 14.8 Å². The number of thiophene rings is 1. The van der Waals surface area contributed by atoms with Crippen LogP contribution >= 0.6 is 11.3 Å². The summed E-state index contributed by atoms with van der Waals surface area (Å²) >= 11 is 1.40. The van der Waals surface area contributed by atoms with E-state index in [2.05, 4.69) is 11.4 Å². The lowest BCUT2D eigenvalue weighted by atomic mass is 10.1. The van der Waals surface area contributed by atoms with Gasteiger partial charge in [0, 0.05) is 10.4 Å². The van der Waals surface area contributed by atoms with Crippen LogP contribution in [-0.2, 0) is 0 Å². The zero-order valence-corrected chi connectivity index (χ0v) is 15.0. The molecule has 2 rings (SSSR count). The summed E-state index contributed by atoms with van der Waals surface area (Å²) in [6, 6.07) is 7.21. The number of anilines is 1. The predicted octanol–water partition coefficient (Wildman–Crippen LogP) is 4.29. The number of amides is 1. The Hall–Kier alpha value is -2.52. The Morgan fingerprint density at radius 2 is 1.88 bits per heavy atom. The molecule has 0 spiro atoms. The van der Waals surface area contributed by atoms with Crippen LogP contribution in [0, 0.1) is 25.2 Å². The van der Waals surface area contributed by atoms with Crippen molar-refractivity contribution in [1.82, 2.24) is 0 Å². The fourth-order valence-corrected chi connectivity index (χ4v) is 3.22. The molecule has 1 heterocycles. The van der Waals surface area contributed by atoms with Gasteiger partial charge >= 0.3 is 0 Å². The second-order valence-electron chi connectivity index (χ2n) is 5.08. The molecule has 6 heteroatoms. The highest BCUT2D eigenvalue weighted by Crippen LogP contribution is 2.33. The number of ether oxygens (including phenoxy) is 2. The Labute approximate surface area is 145 Å². The summed E-state index contributed by atoms with van der Waals surface area (Å²) in [6.07, 6.45) is 0. The predicted molar refractivity (Wildman–Crippen MR) is 95.2 cm³/mol.